The molecule has 2 N–H and O–H groups in total. The quantitative estimate of drug-likeness (QED) is 0.692. The van der Waals surface area contributed by atoms with Crippen LogP contribution in [-0.2, 0) is 11.2 Å². The van der Waals surface area contributed by atoms with E-state index in [0.29, 0.717) is 19.3 Å². The first-order chi connectivity index (χ1) is 13.6. The highest BCUT2D eigenvalue weighted by Crippen LogP contribution is 2.38. The van der Waals surface area contributed by atoms with Crippen molar-refractivity contribution >= 4 is 16.8 Å². The van der Waals surface area contributed by atoms with E-state index in [4.69, 9.17) is 4.74 Å². The fraction of sp³-hybridized carbons (Fsp3) is 0.304. The summed E-state index contributed by atoms with van der Waals surface area (Å²) < 4.78 is 5.16. The van der Waals surface area contributed by atoms with Gasteiger partial charge in [-0.15, -0.1) is 0 Å². The molecule has 4 rings (SSSR count). The maximum atomic E-state index is 12.7. The van der Waals surface area contributed by atoms with Crippen molar-refractivity contribution in [2.24, 2.45) is 5.92 Å². The third-order valence-corrected chi connectivity index (χ3v) is 5.43. The highest BCUT2D eigenvalue weighted by molar-refractivity contribution is 5.81. The number of carbonyl (C=O) groups is 1. The van der Waals surface area contributed by atoms with E-state index in [2.05, 4.69) is 16.4 Å². The van der Waals surface area contributed by atoms with Gasteiger partial charge in [0, 0.05) is 11.6 Å². The van der Waals surface area contributed by atoms with Crippen LogP contribution in [0.25, 0.3) is 10.9 Å². The molecule has 3 aromatic rings. The lowest BCUT2D eigenvalue weighted by molar-refractivity contribution is -0.122. The number of aromatic nitrogens is 1. The average molecular weight is 376 g/mol. The van der Waals surface area contributed by atoms with E-state index < -0.39 is 0 Å². The van der Waals surface area contributed by atoms with E-state index in [0.717, 1.165) is 27.8 Å². The Balaban J connectivity index is 1.52. The lowest BCUT2D eigenvalue weighted by atomic mass is 9.75. The summed E-state index contributed by atoms with van der Waals surface area (Å²) in [6.07, 6.45) is 3.25. The molecule has 0 unspecified atom stereocenters. The number of ether oxygens (including phenoxy) is 1. The molecule has 5 heteroatoms. The topological polar surface area (TPSA) is 71.5 Å². The van der Waals surface area contributed by atoms with Crippen LogP contribution >= 0.6 is 0 Å². The third-order valence-electron chi connectivity index (χ3n) is 5.43. The standard InChI is InChI=1S/C23H24N2O3/c1-28-20-8-6-15(7-9-20)10-22(27)25-23(17-12-19(26)13-17)18-11-16-4-2-3-5-21(16)24-14-18/h2-9,11,14,17,19,23,26H,10,12-13H2,1H3,(H,25,27)/t17?,19?,23-/m1/s1. The second-order valence-corrected chi connectivity index (χ2v) is 7.42. The zero-order chi connectivity index (χ0) is 19.5. The number of para-hydroxylation sites is 1. The lowest BCUT2D eigenvalue weighted by Crippen LogP contribution is -2.41. The Hall–Kier alpha value is -2.92. The molecular weight excluding hydrogens is 352 g/mol. The van der Waals surface area contributed by atoms with Gasteiger partial charge in [-0.1, -0.05) is 30.3 Å². The first-order valence-corrected chi connectivity index (χ1v) is 9.57. The molecule has 0 radical (unpaired) electrons. The van der Waals surface area contributed by atoms with Crippen molar-refractivity contribution < 1.29 is 14.6 Å². The van der Waals surface area contributed by atoms with Gasteiger partial charge in [0.1, 0.15) is 5.75 Å². The number of hydrogen-bond acceptors (Lipinski definition) is 4. The number of benzene rings is 2. The smallest absolute Gasteiger partial charge is 0.224 e. The second kappa shape index (κ2) is 7.98. The van der Waals surface area contributed by atoms with Crippen LogP contribution in [0.1, 0.15) is 30.0 Å². The predicted molar refractivity (Wildman–Crippen MR) is 108 cm³/mol. The molecule has 1 aliphatic rings. The van der Waals surface area contributed by atoms with Crippen LogP contribution in [-0.4, -0.2) is 29.2 Å². The number of amides is 1. The average Bonchev–Trinajstić information content (AvgIpc) is 2.70. The first kappa shape index (κ1) is 18.4. The Morgan fingerprint density at radius 3 is 2.68 bits per heavy atom. The molecular formula is C23H24N2O3. The van der Waals surface area contributed by atoms with Crippen molar-refractivity contribution in [3.05, 3.63) is 71.9 Å². The van der Waals surface area contributed by atoms with Crippen molar-refractivity contribution in [2.75, 3.05) is 7.11 Å². The number of methoxy groups -OCH3 is 1. The van der Waals surface area contributed by atoms with Gasteiger partial charge in [0.15, 0.2) is 0 Å². The third kappa shape index (κ3) is 3.99. The Morgan fingerprint density at radius 2 is 1.96 bits per heavy atom. The van der Waals surface area contributed by atoms with E-state index in [1.54, 1.807) is 7.11 Å². The number of fused-ring (bicyclic) bond motifs is 1. The second-order valence-electron chi connectivity index (χ2n) is 7.42. The molecule has 1 aliphatic carbocycles. The molecule has 5 nitrogen and oxygen atoms in total. The highest BCUT2D eigenvalue weighted by atomic mass is 16.5. The van der Waals surface area contributed by atoms with Gasteiger partial charge in [-0.3, -0.25) is 9.78 Å². The Bertz CT molecular complexity index is 965. The molecule has 1 fully saturated rings. The predicted octanol–water partition coefficient (Wildman–Crippen LogP) is 3.41. The van der Waals surface area contributed by atoms with Crippen molar-refractivity contribution in [1.29, 1.82) is 0 Å². The molecule has 0 bridgehead atoms. The van der Waals surface area contributed by atoms with Crippen LogP contribution in [0, 0.1) is 5.92 Å². The van der Waals surface area contributed by atoms with E-state index in [-0.39, 0.29) is 24.0 Å². The van der Waals surface area contributed by atoms with Gasteiger partial charge in [-0.05, 0) is 54.2 Å². The van der Waals surface area contributed by atoms with Crippen molar-refractivity contribution in [2.45, 2.75) is 31.4 Å². The van der Waals surface area contributed by atoms with Crippen LogP contribution in [0.3, 0.4) is 0 Å². The van der Waals surface area contributed by atoms with E-state index in [1.807, 2.05) is 54.7 Å². The molecule has 28 heavy (non-hydrogen) atoms. The molecule has 0 spiro atoms. The normalized spacial score (nSPS) is 19.6. The minimum atomic E-state index is -0.278. The Morgan fingerprint density at radius 1 is 1.21 bits per heavy atom. The number of hydrogen-bond donors (Lipinski definition) is 2. The van der Waals surface area contributed by atoms with Gasteiger partial charge in [0.2, 0.25) is 5.91 Å². The Labute approximate surface area is 164 Å². The van der Waals surface area contributed by atoms with Gasteiger partial charge < -0.3 is 15.2 Å². The summed E-state index contributed by atoms with van der Waals surface area (Å²) in [5, 5.41) is 14.0. The van der Waals surface area contributed by atoms with E-state index in [1.165, 1.54) is 0 Å². The minimum Gasteiger partial charge on any atom is -0.497 e. The largest absolute Gasteiger partial charge is 0.497 e. The summed E-state index contributed by atoms with van der Waals surface area (Å²) in [4.78, 5) is 17.3. The summed E-state index contributed by atoms with van der Waals surface area (Å²) >= 11 is 0. The molecule has 144 valence electrons. The van der Waals surface area contributed by atoms with Crippen molar-refractivity contribution in [3.8, 4) is 5.75 Å². The minimum absolute atomic E-state index is 0.0373. The fourth-order valence-corrected chi connectivity index (χ4v) is 3.79. The number of aliphatic hydroxyl groups is 1. The summed E-state index contributed by atoms with van der Waals surface area (Å²) in [5.41, 5.74) is 2.85. The number of pyridine rings is 1. The zero-order valence-electron chi connectivity index (χ0n) is 15.8. The fourth-order valence-electron chi connectivity index (χ4n) is 3.79. The first-order valence-electron chi connectivity index (χ1n) is 9.57. The number of nitrogens with zero attached hydrogens (tertiary/aromatic N) is 1. The Kier molecular flexibility index (Phi) is 5.26. The van der Waals surface area contributed by atoms with Crippen molar-refractivity contribution in [3.63, 3.8) is 0 Å². The van der Waals surface area contributed by atoms with Gasteiger partial charge in [0.05, 0.1) is 31.2 Å². The molecule has 1 saturated carbocycles. The summed E-state index contributed by atoms with van der Waals surface area (Å²) in [5.74, 6) is 0.954. The van der Waals surface area contributed by atoms with Gasteiger partial charge >= 0.3 is 0 Å². The van der Waals surface area contributed by atoms with E-state index in [9.17, 15) is 9.90 Å². The molecule has 2 aromatic carbocycles. The molecule has 1 atom stereocenters. The summed E-state index contributed by atoms with van der Waals surface area (Å²) in [6, 6.07) is 17.4. The van der Waals surface area contributed by atoms with Gasteiger partial charge in [-0.25, -0.2) is 0 Å². The zero-order valence-corrected chi connectivity index (χ0v) is 15.8. The number of aliphatic hydroxyl groups excluding tert-OH is 1. The summed E-state index contributed by atoms with van der Waals surface area (Å²) in [6.45, 7) is 0. The van der Waals surface area contributed by atoms with Crippen LogP contribution in [0.15, 0.2) is 60.8 Å². The molecule has 1 heterocycles. The maximum Gasteiger partial charge on any atom is 0.224 e. The monoisotopic (exact) mass is 376 g/mol. The van der Waals surface area contributed by atoms with Crippen LogP contribution in [0.2, 0.25) is 0 Å². The SMILES string of the molecule is COc1ccc(CC(=O)N[C@@H](c2cnc3ccccc3c2)C2CC(O)C2)cc1. The van der Waals surface area contributed by atoms with Gasteiger partial charge in [0.25, 0.3) is 0 Å². The molecule has 0 saturated heterocycles. The molecule has 0 aliphatic heterocycles. The molecule has 1 amide bonds. The van der Waals surface area contributed by atoms with Crippen molar-refractivity contribution in [1.82, 2.24) is 10.3 Å². The van der Waals surface area contributed by atoms with Gasteiger partial charge in [-0.2, -0.15) is 0 Å². The number of rotatable bonds is 6. The number of nitrogens with one attached hydrogen (secondary N) is 1. The number of carbonyl (C=O) groups excluding carboxylic acids is 1. The molecule has 1 aromatic heterocycles. The summed E-state index contributed by atoms with van der Waals surface area (Å²) in [7, 11) is 1.62. The maximum absolute atomic E-state index is 12.7. The lowest BCUT2D eigenvalue weighted by Gasteiger charge is -2.38. The highest BCUT2D eigenvalue weighted by Gasteiger charge is 2.35. The van der Waals surface area contributed by atoms with Crippen LogP contribution < -0.4 is 10.1 Å². The van der Waals surface area contributed by atoms with E-state index >= 15 is 0 Å². The van der Waals surface area contributed by atoms with Crippen LogP contribution in [0.4, 0.5) is 0 Å². The van der Waals surface area contributed by atoms with Crippen LogP contribution in [0.5, 0.6) is 5.75 Å².